The van der Waals surface area contributed by atoms with Crippen LogP contribution in [0.3, 0.4) is 0 Å². The van der Waals surface area contributed by atoms with E-state index in [1.165, 1.54) is 38.9 Å². The van der Waals surface area contributed by atoms with E-state index < -0.39 is 0 Å². The normalized spacial score (nSPS) is 21.1. The molecule has 1 aliphatic heterocycles. The second-order valence-corrected chi connectivity index (χ2v) is 5.94. The fourth-order valence-electron chi connectivity index (χ4n) is 2.61. The molecule has 112 valence electrons. The molecule has 4 heteroatoms. The molecular weight excluding hydrogens is 238 g/mol. The summed E-state index contributed by atoms with van der Waals surface area (Å²) in [5, 5.41) is 3.03. The van der Waals surface area contributed by atoms with E-state index in [1.807, 2.05) is 6.92 Å². The Labute approximate surface area is 118 Å². The first-order valence-corrected chi connectivity index (χ1v) is 7.84. The second kappa shape index (κ2) is 8.54. The SMILES string of the molecule is CCCN1CCC(CNC(=O)C(N)C(C)CC)CC1. The molecule has 0 radical (unpaired) electrons. The molecule has 4 nitrogen and oxygen atoms in total. The maximum Gasteiger partial charge on any atom is 0.237 e. The van der Waals surface area contributed by atoms with Gasteiger partial charge in [0.1, 0.15) is 0 Å². The first kappa shape index (κ1) is 16.4. The zero-order valence-corrected chi connectivity index (χ0v) is 12.8. The summed E-state index contributed by atoms with van der Waals surface area (Å²) in [6, 6.07) is -0.356. The molecule has 19 heavy (non-hydrogen) atoms. The van der Waals surface area contributed by atoms with Gasteiger partial charge in [0, 0.05) is 6.54 Å². The summed E-state index contributed by atoms with van der Waals surface area (Å²) in [5.41, 5.74) is 5.93. The number of nitrogens with one attached hydrogen (secondary N) is 1. The average molecular weight is 269 g/mol. The summed E-state index contributed by atoms with van der Waals surface area (Å²) < 4.78 is 0. The lowest BCUT2D eigenvalue weighted by Gasteiger charge is -2.32. The summed E-state index contributed by atoms with van der Waals surface area (Å²) in [5.74, 6) is 0.901. The zero-order valence-electron chi connectivity index (χ0n) is 12.8. The van der Waals surface area contributed by atoms with E-state index in [0.29, 0.717) is 5.92 Å². The predicted octanol–water partition coefficient (Wildman–Crippen LogP) is 1.60. The molecule has 1 aliphatic rings. The molecule has 0 aromatic rings. The number of likely N-dealkylation sites (tertiary alicyclic amines) is 1. The van der Waals surface area contributed by atoms with E-state index in [0.717, 1.165) is 13.0 Å². The van der Waals surface area contributed by atoms with Gasteiger partial charge in [-0.05, 0) is 50.7 Å². The van der Waals surface area contributed by atoms with Crippen molar-refractivity contribution in [2.75, 3.05) is 26.2 Å². The number of carbonyl (C=O) groups is 1. The molecule has 1 fully saturated rings. The summed E-state index contributed by atoms with van der Waals surface area (Å²) in [7, 11) is 0. The summed E-state index contributed by atoms with van der Waals surface area (Å²) in [6.07, 6.45) is 4.56. The molecule has 2 unspecified atom stereocenters. The summed E-state index contributed by atoms with van der Waals surface area (Å²) in [4.78, 5) is 14.4. The molecule has 1 rings (SSSR count). The van der Waals surface area contributed by atoms with Crippen molar-refractivity contribution in [3.63, 3.8) is 0 Å². The molecule has 0 aromatic heterocycles. The molecule has 3 N–H and O–H groups in total. The van der Waals surface area contributed by atoms with Crippen LogP contribution >= 0.6 is 0 Å². The number of rotatable bonds is 7. The van der Waals surface area contributed by atoms with Crippen molar-refractivity contribution in [3.05, 3.63) is 0 Å². The third-order valence-corrected chi connectivity index (χ3v) is 4.37. The van der Waals surface area contributed by atoms with Crippen LogP contribution in [0.2, 0.25) is 0 Å². The van der Waals surface area contributed by atoms with Gasteiger partial charge in [-0.25, -0.2) is 0 Å². The standard InChI is InChI=1S/C15H31N3O/c1-4-8-18-9-6-13(7-10-18)11-17-15(19)14(16)12(3)5-2/h12-14H,4-11,16H2,1-3H3,(H,17,19). The lowest BCUT2D eigenvalue weighted by molar-refractivity contribution is -0.123. The highest BCUT2D eigenvalue weighted by Crippen LogP contribution is 2.16. The molecule has 1 amide bonds. The highest BCUT2D eigenvalue weighted by molar-refractivity contribution is 5.81. The van der Waals surface area contributed by atoms with Gasteiger partial charge in [0.15, 0.2) is 0 Å². The number of hydrogen-bond donors (Lipinski definition) is 2. The minimum absolute atomic E-state index is 0.0188. The Kier molecular flexibility index (Phi) is 7.39. The quantitative estimate of drug-likeness (QED) is 0.738. The van der Waals surface area contributed by atoms with Gasteiger partial charge in [-0.15, -0.1) is 0 Å². The van der Waals surface area contributed by atoms with Gasteiger partial charge in [0.05, 0.1) is 6.04 Å². The van der Waals surface area contributed by atoms with Crippen molar-refractivity contribution < 1.29 is 4.79 Å². The highest BCUT2D eigenvalue weighted by atomic mass is 16.2. The highest BCUT2D eigenvalue weighted by Gasteiger charge is 2.22. The number of piperidine rings is 1. The third-order valence-electron chi connectivity index (χ3n) is 4.37. The first-order valence-electron chi connectivity index (χ1n) is 7.84. The maximum atomic E-state index is 11.9. The van der Waals surface area contributed by atoms with E-state index in [2.05, 4.69) is 24.1 Å². The smallest absolute Gasteiger partial charge is 0.237 e. The van der Waals surface area contributed by atoms with Crippen LogP contribution in [-0.2, 0) is 4.79 Å². The first-order chi connectivity index (χ1) is 9.08. The monoisotopic (exact) mass is 269 g/mol. The van der Waals surface area contributed by atoms with E-state index >= 15 is 0 Å². The predicted molar refractivity (Wildman–Crippen MR) is 79.9 cm³/mol. The third kappa shape index (κ3) is 5.49. The van der Waals surface area contributed by atoms with Crippen LogP contribution in [0.1, 0.15) is 46.5 Å². The van der Waals surface area contributed by atoms with Crippen LogP contribution in [-0.4, -0.2) is 43.0 Å². The molecule has 1 saturated heterocycles. The fourth-order valence-corrected chi connectivity index (χ4v) is 2.61. The molecule has 0 aliphatic carbocycles. The fraction of sp³-hybridized carbons (Fsp3) is 0.933. The Bertz CT molecular complexity index is 262. The molecular formula is C15H31N3O. The maximum absolute atomic E-state index is 11.9. The largest absolute Gasteiger partial charge is 0.354 e. The van der Waals surface area contributed by atoms with E-state index in [-0.39, 0.29) is 17.9 Å². The minimum atomic E-state index is -0.356. The van der Waals surface area contributed by atoms with Crippen LogP contribution in [0.4, 0.5) is 0 Å². The van der Waals surface area contributed by atoms with Gasteiger partial charge in [-0.1, -0.05) is 27.2 Å². The summed E-state index contributed by atoms with van der Waals surface area (Å²) in [6.45, 7) is 10.7. The molecule has 1 heterocycles. The molecule has 2 atom stereocenters. The molecule has 0 spiro atoms. The van der Waals surface area contributed by atoms with Crippen LogP contribution < -0.4 is 11.1 Å². The topological polar surface area (TPSA) is 58.4 Å². The van der Waals surface area contributed by atoms with Crippen LogP contribution in [0.5, 0.6) is 0 Å². The van der Waals surface area contributed by atoms with E-state index in [9.17, 15) is 4.79 Å². The number of amides is 1. The Morgan fingerprint density at radius 2 is 2.00 bits per heavy atom. The van der Waals surface area contributed by atoms with Gasteiger partial charge in [0.2, 0.25) is 5.91 Å². The minimum Gasteiger partial charge on any atom is -0.354 e. The van der Waals surface area contributed by atoms with Gasteiger partial charge in [0.25, 0.3) is 0 Å². The average Bonchev–Trinajstić information content (AvgIpc) is 2.44. The van der Waals surface area contributed by atoms with Crippen LogP contribution in [0, 0.1) is 11.8 Å². The van der Waals surface area contributed by atoms with Gasteiger partial charge in [-0.3, -0.25) is 4.79 Å². The van der Waals surface area contributed by atoms with Gasteiger partial charge in [-0.2, -0.15) is 0 Å². The Morgan fingerprint density at radius 3 is 2.53 bits per heavy atom. The second-order valence-electron chi connectivity index (χ2n) is 5.94. The molecule has 0 saturated carbocycles. The van der Waals surface area contributed by atoms with Crippen molar-refractivity contribution in [1.29, 1.82) is 0 Å². The Morgan fingerprint density at radius 1 is 1.37 bits per heavy atom. The lowest BCUT2D eigenvalue weighted by Crippen LogP contribution is -2.47. The van der Waals surface area contributed by atoms with Crippen LogP contribution in [0.25, 0.3) is 0 Å². The van der Waals surface area contributed by atoms with Crippen molar-refractivity contribution in [2.24, 2.45) is 17.6 Å². The number of nitrogens with zero attached hydrogens (tertiary/aromatic N) is 1. The van der Waals surface area contributed by atoms with Gasteiger partial charge < -0.3 is 16.0 Å². The Balaban J connectivity index is 2.21. The van der Waals surface area contributed by atoms with Crippen molar-refractivity contribution >= 4 is 5.91 Å². The lowest BCUT2D eigenvalue weighted by atomic mass is 9.95. The number of carbonyl (C=O) groups excluding carboxylic acids is 1. The summed E-state index contributed by atoms with van der Waals surface area (Å²) >= 11 is 0. The van der Waals surface area contributed by atoms with Crippen molar-refractivity contribution in [2.45, 2.75) is 52.5 Å². The van der Waals surface area contributed by atoms with E-state index in [1.54, 1.807) is 0 Å². The molecule has 0 bridgehead atoms. The van der Waals surface area contributed by atoms with Crippen molar-refractivity contribution in [3.8, 4) is 0 Å². The number of hydrogen-bond acceptors (Lipinski definition) is 3. The molecule has 0 aromatic carbocycles. The van der Waals surface area contributed by atoms with E-state index in [4.69, 9.17) is 5.73 Å². The van der Waals surface area contributed by atoms with Crippen LogP contribution in [0.15, 0.2) is 0 Å². The Hall–Kier alpha value is -0.610. The number of nitrogens with two attached hydrogens (primary N) is 1. The van der Waals surface area contributed by atoms with Gasteiger partial charge >= 0.3 is 0 Å². The van der Waals surface area contributed by atoms with Crippen molar-refractivity contribution in [1.82, 2.24) is 10.2 Å². The zero-order chi connectivity index (χ0) is 14.3.